The summed E-state index contributed by atoms with van der Waals surface area (Å²) >= 11 is 0. The molecule has 0 spiro atoms. The highest BCUT2D eigenvalue weighted by atomic mass is 16.5. The molecule has 2 aliphatic rings. The van der Waals surface area contributed by atoms with Crippen molar-refractivity contribution < 1.29 is 19.4 Å². The molecule has 2 N–H and O–H groups in total. The molecule has 0 radical (unpaired) electrons. The standard InChI is InChI=1S/C11H18N2O4/c1-7(14)12-10(11(15)16)6-13-4-8-2-3-9(5-13)17-8/h8-10H,2-6H2,1H3,(H,12,14)(H,15,16). The van der Waals surface area contributed by atoms with E-state index in [-0.39, 0.29) is 18.1 Å². The van der Waals surface area contributed by atoms with E-state index in [9.17, 15) is 9.59 Å². The van der Waals surface area contributed by atoms with Crippen molar-refractivity contribution in [3.8, 4) is 0 Å². The summed E-state index contributed by atoms with van der Waals surface area (Å²) in [5.74, 6) is -1.30. The molecular weight excluding hydrogens is 224 g/mol. The van der Waals surface area contributed by atoms with E-state index in [4.69, 9.17) is 9.84 Å². The molecule has 6 heteroatoms. The van der Waals surface area contributed by atoms with Gasteiger partial charge in [0.1, 0.15) is 6.04 Å². The quantitative estimate of drug-likeness (QED) is 0.691. The minimum Gasteiger partial charge on any atom is -0.480 e. The SMILES string of the molecule is CC(=O)NC(CN1CC2CCC(C1)O2)C(=O)O. The second-order valence-corrected chi connectivity index (χ2v) is 4.77. The molecule has 2 aliphatic heterocycles. The average molecular weight is 242 g/mol. The maximum absolute atomic E-state index is 11.0. The second-order valence-electron chi connectivity index (χ2n) is 4.77. The van der Waals surface area contributed by atoms with Crippen LogP contribution in [-0.4, -0.2) is 59.8 Å². The highest BCUT2D eigenvalue weighted by molar-refractivity contribution is 5.82. The van der Waals surface area contributed by atoms with Gasteiger partial charge in [-0.3, -0.25) is 9.69 Å². The first-order valence-corrected chi connectivity index (χ1v) is 5.92. The maximum Gasteiger partial charge on any atom is 0.327 e. The molecular formula is C11H18N2O4. The molecule has 1 amide bonds. The Bertz CT molecular complexity index is 309. The number of carbonyl (C=O) groups is 2. The number of fused-ring (bicyclic) bond motifs is 2. The lowest BCUT2D eigenvalue weighted by Crippen LogP contribution is -2.52. The first kappa shape index (κ1) is 12.3. The van der Waals surface area contributed by atoms with E-state index in [1.807, 2.05) is 0 Å². The predicted octanol–water partition coefficient (Wildman–Crippen LogP) is -0.561. The molecule has 2 rings (SSSR count). The van der Waals surface area contributed by atoms with E-state index in [0.29, 0.717) is 6.54 Å². The van der Waals surface area contributed by atoms with Crippen molar-refractivity contribution in [3.05, 3.63) is 0 Å². The van der Waals surface area contributed by atoms with Crippen LogP contribution in [0.1, 0.15) is 19.8 Å². The summed E-state index contributed by atoms with van der Waals surface area (Å²) in [7, 11) is 0. The number of hydrogen-bond donors (Lipinski definition) is 2. The van der Waals surface area contributed by atoms with Crippen molar-refractivity contribution in [1.29, 1.82) is 0 Å². The van der Waals surface area contributed by atoms with Crippen LogP contribution in [0.15, 0.2) is 0 Å². The fourth-order valence-electron chi connectivity index (χ4n) is 2.54. The van der Waals surface area contributed by atoms with Gasteiger partial charge in [-0.1, -0.05) is 0 Å². The van der Waals surface area contributed by atoms with Gasteiger partial charge < -0.3 is 15.2 Å². The molecule has 3 unspecified atom stereocenters. The lowest BCUT2D eigenvalue weighted by molar-refractivity contribution is -0.142. The fourth-order valence-corrected chi connectivity index (χ4v) is 2.54. The Morgan fingerprint density at radius 2 is 2.00 bits per heavy atom. The molecule has 0 aromatic rings. The third-order valence-electron chi connectivity index (χ3n) is 3.24. The van der Waals surface area contributed by atoms with Gasteiger partial charge in [0.25, 0.3) is 0 Å². The molecule has 2 fully saturated rings. The van der Waals surface area contributed by atoms with Crippen LogP contribution >= 0.6 is 0 Å². The summed E-state index contributed by atoms with van der Waals surface area (Å²) in [4.78, 5) is 24.0. The van der Waals surface area contributed by atoms with Gasteiger partial charge in [-0.2, -0.15) is 0 Å². The van der Waals surface area contributed by atoms with Crippen LogP contribution in [-0.2, 0) is 14.3 Å². The van der Waals surface area contributed by atoms with Gasteiger partial charge in [0.05, 0.1) is 12.2 Å². The summed E-state index contributed by atoms with van der Waals surface area (Å²) in [5, 5.41) is 11.5. The molecule has 0 saturated carbocycles. The molecule has 2 heterocycles. The summed E-state index contributed by atoms with van der Waals surface area (Å²) in [5.41, 5.74) is 0. The van der Waals surface area contributed by atoms with Gasteiger partial charge >= 0.3 is 5.97 Å². The predicted molar refractivity (Wildman–Crippen MR) is 59.6 cm³/mol. The van der Waals surface area contributed by atoms with E-state index < -0.39 is 12.0 Å². The Balaban J connectivity index is 1.89. The number of likely N-dealkylation sites (tertiary alicyclic amines) is 1. The summed E-state index contributed by atoms with van der Waals surface area (Å²) < 4.78 is 5.67. The third kappa shape index (κ3) is 3.17. The number of hydrogen-bond acceptors (Lipinski definition) is 4. The number of carboxylic acid groups (broad SMARTS) is 1. The topological polar surface area (TPSA) is 78.9 Å². The molecule has 17 heavy (non-hydrogen) atoms. The number of nitrogens with zero attached hydrogens (tertiary/aromatic N) is 1. The molecule has 0 aromatic heterocycles. The number of carboxylic acids is 1. The van der Waals surface area contributed by atoms with Crippen molar-refractivity contribution in [2.24, 2.45) is 0 Å². The van der Waals surface area contributed by atoms with E-state index in [1.165, 1.54) is 6.92 Å². The lowest BCUT2D eigenvalue weighted by atomic mass is 10.2. The van der Waals surface area contributed by atoms with Gasteiger partial charge in [0.2, 0.25) is 5.91 Å². The molecule has 0 aromatic carbocycles. The third-order valence-corrected chi connectivity index (χ3v) is 3.24. The summed E-state index contributed by atoms with van der Waals surface area (Å²) in [6.07, 6.45) is 2.58. The zero-order valence-corrected chi connectivity index (χ0v) is 9.89. The van der Waals surface area contributed by atoms with E-state index in [1.54, 1.807) is 0 Å². The van der Waals surface area contributed by atoms with Gasteiger partial charge in [-0.15, -0.1) is 0 Å². The Morgan fingerprint density at radius 1 is 1.41 bits per heavy atom. The van der Waals surface area contributed by atoms with Crippen molar-refractivity contribution in [2.45, 2.75) is 38.0 Å². The smallest absolute Gasteiger partial charge is 0.327 e. The zero-order valence-electron chi connectivity index (χ0n) is 9.89. The molecule has 2 saturated heterocycles. The van der Waals surface area contributed by atoms with Crippen LogP contribution in [0.25, 0.3) is 0 Å². The van der Waals surface area contributed by atoms with Gasteiger partial charge in [-0.05, 0) is 12.8 Å². The first-order valence-electron chi connectivity index (χ1n) is 5.92. The second kappa shape index (κ2) is 5.01. The van der Waals surface area contributed by atoms with Crippen LogP contribution < -0.4 is 5.32 Å². The van der Waals surface area contributed by atoms with Crippen LogP contribution in [0.4, 0.5) is 0 Å². The average Bonchev–Trinajstić information content (AvgIpc) is 2.56. The van der Waals surface area contributed by atoms with Crippen LogP contribution in [0.2, 0.25) is 0 Å². The number of morpholine rings is 1. The van der Waals surface area contributed by atoms with E-state index in [0.717, 1.165) is 25.9 Å². The molecule has 0 aliphatic carbocycles. The highest BCUT2D eigenvalue weighted by Gasteiger charge is 2.35. The maximum atomic E-state index is 11.0. The van der Waals surface area contributed by atoms with Crippen molar-refractivity contribution >= 4 is 11.9 Å². The lowest BCUT2D eigenvalue weighted by Gasteiger charge is -2.33. The van der Waals surface area contributed by atoms with Crippen molar-refractivity contribution in [2.75, 3.05) is 19.6 Å². The highest BCUT2D eigenvalue weighted by Crippen LogP contribution is 2.26. The summed E-state index contributed by atoms with van der Waals surface area (Å²) in [6, 6.07) is -0.829. The Hall–Kier alpha value is -1.14. The molecule has 2 bridgehead atoms. The Labute approximate surface area is 99.9 Å². The van der Waals surface area contributed by atoms with Gasteiger partial charge in [-0.25, -0.2) is 4.79 Å². The fraction of sp³-hybridized carbons (Fsp3) is 0.818. The minimum absolute atomic E-state index is 0.237. The summed E-state index contributed by atoms with van der Waals surface area (Å²) in [6.45, 7) is 3.21. The zero-order chi connectivity index (χ0) is 12.4. The monoisotopic (exact) mass is 242 g/mol. The van der Waals surface area contributed by atoms with Crippen molar-refractivity contribution in [1.82, 2.24) is 10.2 Å². The normalized spacial score (nSPS) is 29.9. The number of carbonyl (C=O) groups excluding carboxylic acids is 1. The molecule has 6 nitrogen and oxygen atoms in total. The number of rotatable bonds is 4. The van der Waals surface area contributed by atoms with Crippen molar-refractivity contribution in [3.63, 3.8) is 0 Å². The minimum atomic E-state index is -0.987. The van der Waals surface area contributed by atoms with Gasteiger partial charge in [0, 0.05) is 26.6 Å². The molecule has 96 valence electrons. The first-order chi connectivity index (χ1) is 8.04. The van der Waals surface area contributed by atoms with E-state index in [2.05, 4.69) is 10.2 Å². The Morgan fingerprint density at radius 3 is 2.47 bits per heavy atom. The largest absolute Gasteiger partial charge is 0.480 e. The van der Waals surface area contributed by atoms with Crippen LogP contribution in [0.3, 0.4) is 0 Å². The van der Waals surface area contributed by atoms with E-state index >= 15 is 0 Å². The van der Waals surface area contributed by atoms with Crippen LogP contribution in [0, 0.1) is 0 Å². The molecule has 3 atom stereocenters. The van der Waals surface area contributed by atoms with Crippen LogP contribution in [0.5, 0.6) is 0 Å². The number of ether oxygens (including phenoxy) is 1. The number of aliphatic carboxylic acids is 1. The van der Waals surface area contributed by atoms with Gasteiger partial charge in [0.15, 0.2) is 0 Å². The number of nitrogens with one attached hydrogen (secondary N) is 1. The number of amides is 1. The Kier molecular flexibility index (Phi) is 3.63.